The highest BCUT2D eigenvalue weighted by Crippen LogP contribution is 2.40. The molecule has 3 aromatic carbocycles. The molecular weight excluding hydrogens is 456 g/mol. The molecule has 0 atom stereocenters. The smallest absolute Gasteiger partial charge is 0.228 e. The maximum absolute atomic E-state index is 14.1. The molecule has 4 aromatic rings. The van der Waals surface area contributed by atoms with Crippen molar-refractivity contribution in [1.29, 1.82) is 0 Å². The van der Waals surface area contributed by atoms with Crippen molar-refractivity contribution in [2.45, 2.75) is 36.8 Å². The average Bonchev–Trinajstić information content (AvgIpc) is 3.31. The van der Waals surface area contributed by atoms with Gasteiger partial charge in [0, 0.05) is 21.3 Å². The standard InChI is InChI=1S/C25H23F2N5OS/c1-25(2,3)34-22-11-9-15(18-6-4-5-7-19(18)24-29-31-32-30-24)12-21(22)28-23(33)13-16-8-10-17(26)14-20(16)27/h4-12,14H,13H2,1-3H3,(H,28,33)(H,29,30,31,32). The van der Waals surface area contributed by atoms with E-state index in [4.69, 9.17) is 0 Å². The Hall–Kier alpha value is -3.59. The summed E-state index contributed by atoms with van der Waals surface area (Å²) in [7, 11) is 0. The van der Waals surface area contributed by atoms with Crippen LogP contribution in [0.15, 0.2) is 65.6 Å². The molecule has 0 bridgehead atoms. The van der Waals surface area contributed by atoms with Crippen molar-refractivity contribution in [2.24, 2.45) is 0 Å². The van der Waals surface area contributed by atoms with E-state index in [1.807, 2.05) is 42.5 Å². The van der Waals surface area contributed by atoms with Gasteiger partial charge >= 0.3 is 0 Å². The summed E-state index contributed by atoms with van der Waals surface area (Å²) in [5.41, 5.74) is 3.24. The second-order valence-corrected chi connectivity index (χ2v) is 10.5. The number of hydrogen-bond donors (Lipinski definition) is 2. The lowest BCUT2D eigenvalue weighted by molar-refractivity contribution is -0.115. The number of tetrazole rings is 1. The Morgan fingerprint density at radius 3 is 2.47 bits per heavy atom. The van der Waals surface area contributed by atoms with Gasteiger partial charge in [0.1, 0.15) is 11.6 Å². The van der Waals surface area contributed by atoms with Crippen molar-refractivity contribution in [1.82, 2.24) is 20.6 Å². The van der Waals surface area contributed by atoms with Crippen molar-refractivity contribution in [3.63, 3.8) is 0 Å². The topological polar surface area (TPSA) is 83.6 Å². The van der Waals surface area contributed by atoms with Crippen molar-refractivity contribution >= 4 is 23.4 Å². The fourth-order valence-corrected chi connectivity index (χ4v) is 4.47. The van der Waals surface area contributed by atoms with Crippen LogP contribution in [-0.4, -0.2) is 31.3 Å². The zero-order valence-electron chi connectivity index (χ0n) is 18.9. The molecule has 2 N–H and O–H groups in total. The normalized spacial score (nSPS) is 11.4. The molecule has 34 heavy (non-hydrogen) atoms. The zero-order valence-corrected chi connectivity index (χ0v) is 19.7. The first-order chi connectivity index (χ1) is 16.2. The van der Waals surface area contributed by atoms with Gasteiger partial charge in [-0.05, 0) is 40.1 Å². The number of aromatic nitrogens is 4. The number of nitrogens with zero attached hydrogens (tertiary/aromatic N) is 3. The lowest BCUT2D eigenvalue weighted by Gasteiger charge is -2.21. The number of carbonyl (C=O) groups is 1. The van der Waals surface area contributed by atoms with E-state index in [2.05, 4.69) is 46.7 Å². The number of benzene rings is 3. The highest BCUT2D eigenvalue weighted by Gasteiger charge is 2.19. The summed E-state index contributed by atoms with van der Waals surface area (Å²) in [6.07, 6.45) is -0.213. The second-order valence-electron chi connectivity index (χ2n) is 8.67. The van der Waals surface area contributed by atoms with Crippen LogP contribution in [0.4, 0.5) is 14.5 Å². The van der Waals surface area contributed by atoms with Crippen molar-refractivity contribution in [2.75, 3.05) is 5.32 Å². The van der Waals surface area contributed by atoms with Crippen LogP contribution in [0.5, 0.6) is 0 Å². The second kappa shape index (κ2) is 9.72. The van der Waals surface area contributed by atoms with Crippen LogP contribution in [0.3, 0.4) is 0 Å². The maximum Gasteiger partial charge on any atom is 0.228 e. The summed E-state index contributed by atoms with van der Waals surface area (Å²) in [4.78, 5) is 13.7. The third-order valence-corrected chi connectivity index (χ3v) is 6.05. The highest BCUT2D eigenvalue weighted by atomic mass is 32.2. The van der Waals surface area contributed by atoms with Gasteiger partial charge in [0.2, 0.25) is 11.7 Å². The predicted octanol–water partition coefficient (Wildman–Crippen LogP) is 5.88. The number of rotatable bonds is 6. The number of anilines is 1. The molecule has 1 amide bonds. The number of H-pyrrole nitrogens is 1. The number of thioether (sulfide) groups is 1. The van der Waals surface area contributed by atoms with Crippen LogP contribution in [0, 0.1) is 11.6 Å². The van der Waals surface area contributed by atoms with Crippen molar-refractivity contribution < 1.29 is 13.6 Å². The van der Waals surface area contributed by atoms with E-state index < -0.39 is 17.5 Å². The first-order valence-corrected chi connectivity index (χ1v) is 11.4. The van der Waals surface area contributed by atoms with Crippen LogP contribution >= 0.6 is 11.8 Å². The minimum absolute atomic E-state index is 0.105. The summed E-state index contributed by atoms with van der Waals surface area (Å²) in [6, 6.07) is 16.6. The summed E-state index contributed by atoms with van der Waals surface area (Å²) < 4.78 is 27.2. The molecule has 0 unspecified atom stereocenters. The minimum atomic E-state index is -0.748. The fraction of sp³-hybridized carbons (Fsp3) is 0.200. The van der Waals surface area contributed by atoms with E-state index in [9.17, 15) is 13.6 Å². The van der Waals surface area contributed by atoms with Gasteiger partial charge in [-0.15, -0.1) is 22.0 Å². The zero-order chi connectivity index (χ0) is 24.3. The van der Waals surface area contributed by atoms with Gasteiger partial charge in [-0.25, -0.2) is 8.78 Å². The van der Waals surface area contributed by atoms with Crippen molar-refractivity contribution in [3.8, 4) is 22.5 Å². The highest BCUT2D eigenvalue weighted by molar-refractivity contribution is 8.00. The van der Waals surface area contributed by atoms with E-state index >= 15 is 0 Å². The molecule has 0 saturated carbocycles. The number of aromatic amines is 1. The lowest BCUT2D eigenvalue weighted by atomic mass is 9.99. The Kier molecular flexibility index (Phi) is 6.74. The van der Waals surface area contributed by atoms with Gasteiger partial charge in [0.05, 0.1) is 12.1 Å². The SMILES string of the molecule is CC(C)(C)Sc1ccc(-c2ccccc2-c2nn[nH]n2)cc1NC(=O)Cc1ccc(F)cc1F. The molecule has 0 spiro atoms. The lowest BCUT2D eigenvalue weighted by Crippen LogP contribution is -2.17. The van der Waals surface area contributed by atoms with Crippen LogP contribution in [0.2, 0.25) is 0 Å². The van der Waals surface area contributed by atoms with Gasteiger partial charge in [-0.3, -0.25) is 4.79 Å². The largest absolute Gasteiger partial charge is 0.325 e. The Morgan fingerprint density at radius 2 is 1.79 bits per heavy atom. The first kappa shape index (κ1) is 23.6. The van der Waals surface area contributed by atoms with E-state index in [0.29, 0.717) is 11.5 Å². The van der Waals surface area contributed by atoms with Gasteiger partial charge < -0.3 is 5.32 Å². The van der Waals surface area contributed by atoms with E-state index in [-0.39, 0.29) is 16.7 Å². The summed E-state index contributed by atoms with van der Waals surface area (Å²) in [5, 5.41) is 17.2. The Labute approximate surface area is 200 Å². The summed E-state index contributed by atoms with van der Waals surface area (Å²) in [6.45, 7) is 6.24. The van der Waals surface area contributed by atoms with Crippen LogP contribution in [-0.2, 0) is 11.2 Å². The minimum Gasteiger partial charge on any atom is -0.325 e. The molecule has 0 saturated heterocycles. The molecule has 174 valence electrons. The molecule has 0 radical (unpaired) electrons. The summed E-state index contributed by atoms with van der Waals surface area (Å²) >= 11 is 1.61. The number of hydrogen-bond acceptors (Lipinski definition) is 5. The molecule has 1 heterocycles. The van der Waals surface area contributed by atoms with Crippen molar-refractivity contribution in [3.05, 3.63) is 77.9 Å². The third-order valence-electron chi connectivity index (χ3n) is 4.86. The van der Waals surface area contributed by atoms with Crippen LogP contribution in [0.1, 0.15) is 26.3 Å². The molecule has 0 aliphatic heterocycles. The quantitative estimate of drug-likeness (QED) is 0.337. The van der Waals surface area contributed by atoms with E-state index in [0.717, 1.165) is 33.7 Å². The average molecular weight is 480 g/mol. The number of nitrogens with one attached hydrogen (secondary N) is 2. The Morgan fingerprint density at radius 1 is 1.03 bits per heavy atom. The van der Waals surface area contributed by atoms with Crippen LogP contribution < -0.4 is 5.32 Å². The number of carbonyl (C=O) groups excluding carboxylic acids is 1. The number of halogens is 2. The van der Waals surface area contributed by atoms with E-state index in [1.54, 1.807) is 11.8 Å². The number of amides is 1. The van der Waals surface area contributed by atoms with Gasteiger partial charge in [-0.1, -0.05) is 57.2 Å². The van der Waals surface area contributed by atoms with Crippen LogP contribution in [0.25, 0.3) is 22.5 Å². The molecule has 0 aliphatic rings. The van der Waals surface area contributed by atoms with Gasteiger partial charge in [0.25, 0.3) is 0 Å². The maximum atomic E-state index is 14.1. The predicted molar refractivity (Wildman–Crippen MR) is 129 cm³/mol. The van der Waals surface area contributed by atoms with Gasteiger partial charge in [-0.2, -0.15) is 5.21 Å². The molecule has 9 heteroatoms. The summed E-state index contributed by atoms with van der Waals surface area (Å²) in [5.74, 6) is -1.37. The molecule has 0 aliphatic carbocycles. The first-order valence-electron chi connectivity index (χ1n) is 10.6. The Bertz CT molecular complexity index is 1320. The van der Waals surface area contributed by atoms with E-state index in [1.165, 1.54) is 6.07 Å². The third kappa shape index (κ3) is 5.66. The molecule has 1 aromatic heterocycles. The fourth-order valence-electron chi connectivity index (χ4n) is 3.45. The monoisotopic (exact) mass is 479 g/mol. The van der Waals surface area contributed by atoms with Gasteiger partial charge in [0.15, 0.2) is 0 Å². The Balaban J connectivity index is 1.69. The molecular formula is C25H23F2N5OS. The molecule has 0 fully saturated rings. The molecule has 6 nitrogen and oxygen atoms in total. The molecule has 4 rings (SSSR count).